The lowest BCUT2D eigenvalue weighted by atomic mass is 9.60. The molecule has 2 aliphatic carbocycles. The van der Waals surface area contributed by atoms with Gasteiger partial charge in [0.15, 0.2) is 0 Å². The minimum Gasteiger partial charge on any atom is -0.329 e. The van der Waals surface area contributed by atoms with E-state index in [1.54, 1.807) is 0 Å². The Morgan fingerprint density at radius 2 is 1.84 bits per heavy atom. The molecule has 1 spiro atoms. The molecule has 7 heteroatoms. The molecule has 0 bridgehead atoms. The molecule has 3 nitrogen and oxygen atoms in total. The largest absolute Gasteiger partial charge is 0.471 e. The van der Waals surface area contributed by atoms with Crippen molar-refractivity contribution in [3.8, 4) is 0 Å². The smallest absolute Gasteiger partial charge is 0.329 e. The monoisotopic (exact) mass is 454 g/mol. The molecule has 1 heterocycles. The summed E-state index contributed by atoms with van der Waals surface area (Å²) < 4.78 is 38.1. The van der Waals surface area contributed by atoms with E-state index >= 15 is 0 Å². The van der Waals surface area contributed by atoms with Gasteiger partial charge in [-0.1, -0.05) is 49.4 Å². The van der Waals surface area contributed by atoms with Crippen molar-refractivity contribution in [2.24, 2.45) is 5.41 Å². The number of likely N-dealkylation sites (tertiary alicyclic amines) is 1. The van der Waals surface area contributed by atoms with Crippen LogP contribution in [0.2, 0.25) is 0 Å². The molecule has 0 aromatic heterocycles. The van der Waals surface area contributed by atoms with Crippen molar-refractivity contribution in [3.63, 3.8) is 0 Å². The summed E-state index contributed by atoms with van der Waals surface area (Å²) in [7, 11) is 0. The van der Waals surface area contributed by atoms with Crippen LogP contribution in [0.5, 0.6) is 0 Å². The average molecular weight is 455 g/mol. The Hall–Kier alpha value is -1.47. The first-order chi connectivity index (χ1) is 14.8. The van der Waals surface area contributed by atoms with Crippen molar-refractivity contribution in [2.45, 2.75) is 57.3 Å². The Bertz CT molecular complexity index is 735. The minimum absolute atomic E-state index is 0.158. The van der Waals surface area contributed by atoms with E-state index in [4.69, 9.17) is 0 Å². The SMILES string of the molecule is CC/C=C\c1ccccc1.CSCCN1CC2(CC(N(C(=O)C(F)(F)F)C3CC3)C2)C1. The number of benzene rings is 1. The molecule has 1 aliphatic heterocycles. The lowest BCUT2D eigenvalue weighted by Gasteiger charge is -2.61. The van der Waals surface area contributed by atoms with Crippen molar-refractivity contribution in [1.82, 2.24) is 9.80 Å². The second-order valence-electron chi connectivity index (χ2n) is 8.93. The summed E-state index contributed by atoms with van der Waals surface area (Å²) in [6.45, 7) is 5.17. The summed E-state index contributed by atoms with van der Waals surface area (Å²) in [6.07, 6.45) is 5.71. The second-order valence-corrected chi connectivity index (χ2v) is 9.91. The number of carbonyl (C=O) groups is 1. The van der Waals surface area contributed by atoms with E-state index in [9.17, 15) is 18.0 Å². The number of hydrogen-bond donors (Lipinski definition) is 0. The molecule has 1 aromatic carbocycles. The number of allylic oxidation sites excluding steroid dienone is 1. The lowest BCUT2D eigenvalue weighted by molar-refractivity contribution is -0.197. The van der Waals surface area contributed by atoms with Gasteiger partial charge in [-0.15, -0.1) is 0 Å². The molecule has 1 aromatic rings. The van der Waals surface area contributed by atoms with Gasteiger partial charge in [0.05, 0.1) is 0 Å². The fourth-order valence-electron chi connectivity index (χ4n) is 4.62. The van der Waals surface area contributed by atoms with E-state index in [1.807, 2.05) is 17.8 Å². The Labute approximate surface area is 188 Å². The summed E-state index contributed by atoms with van der Waals surface area (Å²) in [5.74, 6) is -0.524. The number of rotatable bonds is 7. The molecule has 3 fully saturated rings. The van der Waals surface area contributed by atoms with Gasteiger partial charge in [0.1, 0.15) is 0 Å². The number of halogens is 3. The first kappa shape index (κ1) is 24.2. The molecule has 2 saturated carbocycles. The second kappa shape index (κ2) is 10.4. The van der Waals surface area contributed by atoms with Gasteiger partial charge in [-0.3, -0.25) is 4.79 Å². The average Bonchev–Trinajstić information content (AvgIpc) is 3.51. The van der Waals surface area contributed by atoms with Gasteiger partial charge in [0, 0.05) is 37.5 Å². The summed E-state index contributed by atoms with van der Waals surface area (Å²) in [6, 6.07) is 10.00. The maximum Gasteiger partial charge on any atom is 0.471 e. The van der Waals surface area contributed by atoms with Crippen LogP contribution >= 0.6 is 11.8 Å². The zero-order valence-electron chi connectivity index (χ0n) is 18.4. The highest BCUT2D eigenvalue weighted by Gasteiger charge is 2.58. The molecule has 0 N–H and O–H groups in total. The predicted octanol–water partition coefficient (Wildman–Crippen LogP) is 5.48. The van der Waals surface area contributed by atoms with Crippen molar-refractivity contribution in [3.05, 3.63) is 42.0 Å². The van der Waals surface area contributed by atoms with Crippen LogP contribution in [0.1, 0.15) is 44.6 Å². The van der Waals surface area contributed by atoms with Crippen LogP contribution in [0.15, 0.2) is 36.4 Å². The number of hydrogen-bond acceptors (Lipinski definition) is 3. The van der Waals surface area contributed by atoms with Gasteiger partial charge in [-0.05, 0) is 49.3 Å². The highest BCUT2D eigenvalue weighted by Crippen LogP contribution is 2.52. The van der Waals surface area contributed by atoms with Crippen LogP contribution < -0.4 is 0 Å². The molecule has 0 unspecified atom stereocenters. The number of alkyl halides is 3. The van der Waals surface area contributed by atoms with E-state index in [-0.39, 0.29) is 17.5 Å². The Morgan fingerprint density at radius 1 is 1.19 bits per heavy atom. The van der Waals surface area contributed by atoms with Crippen molar-refractivity contribution >= 4 is 23.7 Å². The molecule has 0 atom stereocenters. The topological polar surface area (TPSA) is 23.6 Å². The lowest BCUT2D eigenvalue weighted by Crippen LogP contribution is -2.68. The standard InChI is InChI=1S/C14H21F3N2OS.C10H12/c1-21-5-4-18-8-13(9-18)6-11(7-13)19(10-2-3-10)12(20)14(15,16)17;1-2-3-7-10-8-5-4-6-9-10/h10-11H,2-9H2,1H3;3-9H,2H2,1H3/b;7-3-. The highest BCUT2D eigenvalue weighted by atomic mass is 32.2. The highest BCUT2D eigenvalue weighted by molar-refractivity contribution is 7.98. The summed E-state index contributed by atoms with van der Waals surface area (Å²) in [5.41, 5.74) is 1.48. The van der Waals surface area contributed by atoms with Gasteiger partial charge in [0.25, 0.3) is 0 Å². The van der Waals surface area contributed by atoms with E-state index in [1.165, 1.54) is 5.56 Å². The number of nitrogens with zero attached hydrogens (tertiary/aromatic N) is 2. The molecule has 3 aliphatic rings. The molecular weight excluding hydrogens is 421 g/mol. The van der Waals surface area contributed by atoms with Crippen LogP contribution in [0.4, 0.5) is 13.2 Å². The quantitative estimate of drug-likeness (QED) is 0.545. The van der Waals surface area contributed by atoms with Crippen LogP contribution in [0.3, 0.4) is 0 Å². The van der Waals surface area contributed by atoms with Gasteiger partial charge in [-0.2, -0.15) is 24.9 Å². The fraction of sp³-hybridized carbons (Fsp3) is 0.625. The van der Waals surface area contributed by atoms with Crippen LogP contribution in [0.25, 0.3) is 6.08 Å². The summed E-state index contributed by atoms with van der Waals surface area (Å²) in [5, 5.41) is 0. The number of thioether (sulfide) groups is 1. The van der Waals surface area contributed by atoms with E-state index < -0.39 is 12.1 Å². The van der Waals surface area contributed by atoms with E-state index in [2.05, 4.69) is 54.5 Å². The maximum atomic E-state index is 12.7. The minimum atomic E-state index is -4.73. The molecule has 1 amide bonds. The Morgan fingerprint density at radius 3 is 2.35 bits per heavy atom. The normalized spacial score (nSPS) is 20.7. The first-order valence-electron chi connectivity index (χ1n) is 11.1. The maximum absolute atomic E-state index is 12.7. The third-order valence-electron chi connectivity index (χ3n) is 6.22. The predicted molar refractivity (Wildman–Crippen MR) is 122 cm³/mol. The number of carbonyl (C=O) groups excluding carboxylic acids is 1. The molecular formula is C24H33F3N2OS. The van der Waals surface area contributed by atoms with Crippen molar-refractivity contribution in [2.75, 3.05) is 31.6 Å². The molecule has 4 rings (SSSR count). The van der Waals surface area contributed by atoms with Crippen LogP contribution in [0, 0.1) is 5.41 Å². The van der Waals surface area contributed by atoms with E-state index in [0.29, 0.717) is 0 Å². The Kier molecular flexibility index (Phi) is 8.14. The summed E-state index contributed by atoms with van der Waals surface area (Å²) >= 11 is 1.81. The van der Waals surface area contributed by atoms with Gasteiger partial charge in [-0.25, -0.2) is 0 Å². The van der Waals surface area contributed by atoms with Crippen LogP contribution in [-0.2, 0) is 4.79 Å². The zero-order chi connectivity index (χ0) is 22.5. The zero-order valence-corrected chi connectivity index (χ0v) is 19.2. The number of amides is 1. The first-order valence-corrected chi connectivity index (χ1v) is 12.5. The third-order valence-corrected chi connectivity index (χ3v) is 6.81. The third kappa shape index (κ3) is 6.51. The van der Waals surface area contributed by atoms with Gasteiger partial charge in [0.2, 0.25) is 0 Å². The van der Waals surface area contributed by atoms with Crippen LogP contribution in [-0.4, -0.2) is 65.6 Å². The molecule has 31 heavy (non-hydrogen) atoms. The Balaban J connectivity index is 0.000000229. The van der Waals surface area contributed by atoms with Gasteiger partial charge >= 0.3 is 12.1 Å². The van der Waals surface area contributed by atoms with E-state index in [0.717, 1.165) is 62.4 Å². The fourth-order valence-corrected chi connectivity index (χ4v) is 5.06. The molecule has 1 saturated heterocycles. The summed E-state index contributed by atoms with van der Waals surface area (Å²) in [4.78, 5) is 15.1. The van der Waals surface area contributed by atoms with Gasteiger partial charge < -0.3 is 9.80 Å². The molecule has 172 valence electrons. The van der Waals surface area contributed by atoms with Crippen molar-refractivity contribution < 1.29 is 18.0 Å². The van der Waals surface area contributed by atoms with Crippen molar-refractivity contribution in [1.29, 1.82) is 0 Å². The molecule has 0 radical (unpaired) electrons.